The van der Waals surface area contributed by atoms with Gasteiger partial charge in [0, 0.05) is 24.7 Å². The molecule has 0 fully saturated rings. The zero-order valence-electron chi connectivity index (χ0n) is 11.2. The van der Waals surface area contributed by atoms with Crippen LogP contribution in [0.1, 0.15) is 22.3 Å². The molecule has 3 nitrogen and oxygen atoms in total. The smallest absolute Gasteiger partial charge is 0.384 e. The zero-order chi connectivity index (χ0) is 16.0. The number of carbonyl (C=O) groups excluding carboxylic acids is 1. The molecule has 0 saturated carbocycles. The number of alkyl halides is 3. The Balaban J connectivity index is 2.81. The average Bonchev–Trinajstić information content (AvgIpc) is 2.41. The lowest BCUT2D eigenvalue weighted by molar-refractivity contribution is -0.136. The van der Waals surface area contributed by atoms with E-state index in [0.717, 1.165) is 4.90 Å². The van der Waals surface area contributed by atoms with Gasteiger partial charge in [-0.2, -0.15) is 13.2 Å². The molecule has 0 aliphatic carbocycles. The number of hydrogen-bond donors (Lipinski definition) is 1. The molecule has 0 aliphatic heterocycles. The number of rotatable bonds is 3. The standard InChI is InChI=1S/C14H13ClF3NO2/c1-19(7-6-14(16,17)18)13(21)11-5-4-10(3-2-8-20)12(15)9-11/h4-5,9,20H,6-8H2,1H3. The van der Waals surface area contributed by atoms with Crippen LogP contribution in [0.5, 0.6) is 0 Å². The summed E-state index contributed by atoms with van der Waals surface area (Å²) < 4.78 is 36.4. The third-order valence-corrected chi connectivity index (χ3v) is 2.91. The van der Waals surface area contributed by atoms with E-state index in [1.54, 1.807) is 0 Å². The second kappa shape index (κ2) is 7.34. The van der Waals surface area contributed by atoms with Crippen molar-refractivity contribution in [1.29, 1.82) is 0 Å². The van der Waals surface area contributed by atoms with Crippen LogP contribution in [0.3, 0.4) is 0 Å². The first-order valence-electron chi connectivity index (χ1n) is 5.96. The summed E-state index contributed by atoms with van der Waals surface area (Å²) in [4.78, 5) is 12.9. The van der Waals surface area contributed by atoms with E-state index in [0.29, 0.717) is 5.56 Å². The van der Waals surface area contributed by atoms with E-state index < -0.39 is 25.0 Å². The fraction of sp³-hybridized carbons (Fsp3) is 0.357. The van der Waals surface area contributed by atoms with E-state index in [1.807, 2.05) is 0 Å². The summed E-state index contributed by atoms with van der Waals surface area (Å²) in [5.41, 5.74) is 0.611. The summed E-state index contributed by atoms with van der Waals surface area (Å²) in [6.45, 7) is -0.747. The highest BCUT2D eigenvalue weighted by Crippen LogP contribution is 2.21. The molecule has 7 heteroatoms. The SMILES string of the molecule is CN(CCC(F)(F)F)C(=O)c1ccc(C#CCO)c(Cl)c1. The molecule has 0 atom stereocenters. The Bertz CT molecular complexity index is 576. The minimum atomic E-state index is -4.31. The van der Waals surface area contributed by atoms with Crippen LogP contribution in [-0.2, 0) is 0 Å². The molecule has 0 aromatic heterocycles. The van der Waals surface area contributed by atoms with Crippen molar-refractivity contribution in [3.63, 3.8) is 0 Å². The Labute approximate surface area is 125 Å². The van der Waals surface area contributed by atoms with Gasteiger partial charge >= 0.3 is 6.18 Å². The molecular weight excluding hydrogens is 307 g/mol. The van der Waals surface area contributed by atoms with Gasteiger partial charge in [-0.1, -0.05) is 23.4 Å². The quantitative estimate of drug-likeness (QED) is 0.870. The second-order valence-corrected chi connectivity index (χ2v) is 4.65. The largest absolute Gasteiger partial charge is 0.390 e. The zero-order valence-corrected chi connectivity index (χ0v) is 11.9. The number of aliphatic hydroxyl groups is 1. The summed E-state index contributed by atoms with van der Waals surface area (Å²) in [7, 11) is 1.29. The highest BCUT2D eigenvalue weighted by Gasteiger charge is 2.28. The third-order valence-electron chi connectivity index (χ3n) is 2.60. The molecule has 21 heavy (non-hydrogen) atoms. The molecule has 0 spiro atoms. The van der Waals surface area contributed by atoms with E-state index in [-0.39, 0.29) is 17.2 Å². The third kappa shape index (κ3) is 5.66. The minimum Gasteiger partial charge on any atom is -0.384 e. The maximum absolute atomic E-state index is 12.1. The van der Waals surface area contributed by atoms with Gasteiger partial charge in [-0.25, -0.2) is 0 Å². The van der Waals surface area contributed by atoms with Gasteiger partial charge in [-0.15, -0.1) is 0 Å². The maximum Gasteiger partial charge on any atom is 0.390 e. The number of carbonyl (C=O) groups is 1. The predicted molar refractivity (Wildman–Crippen MR) is 73.0 cm³/mol. The van der Waals surface area contributed by atoms with Crippen LogP contribution in [0.4, 0.5) is 13.2 Å². The normalized spacial score (nSPS) is 10.8. The first kappa shape index (κ1) is 17.3. The van der Waals surface area contributed by atoms with Crippen molar-refractivity contribution in [3.8, 4) is 11.8 Å². The fourth-order valence-electron chi connectivity index (χ4n) is 1.50. The lowest BCUT2D eigenvalue weighted by Gasteiger charge is -2.18. The summed E-state index contributed by atoms with van der Waals surface area (Å²) in [6, 6.07) is 4.25. The summed E-state index contributed by atoms with van der Waals surface area (Å²) in [5, 5.41) is 8.79. The van der Waals surface area contributed by atoms with Crippen molar-refractivity contribution in [3.05, 3.63) is 34.3 Å². The van der Waals surface area contributed by atoms with Gasteiger partial charge in [0.15, 0.2) is 0 Å². The summed E-state index contributed by atoms with van der Waals surface area (Å²) in [5.74, 6) is 4.46. The van der Waals surface area contributed by atoms with Gasteiger partial charge in [0.25, 0.3) is 5.91 Å². The molecule has 1 rings (SSSR count). The van der Waals surface area contributed by atoms with Crippen LogP contribution in [0, 0.1) is 11.8 Å². The number of aliphatic hydroxyl groups excluding tert-OH is 1. The first-order valence-corrected chi connectivity index (χ1v) is 6.34. The minimum absolute atomic E-state index is 0.180. The molecule has 1 aromatic carbocycles. The summed E-state index contributed by atoms with van der Waals surface area (Å²) in [6.07, 6.45) is -5.38. The van der Waals surface area contributed by atoms with Gasteiger partial charge in [0.1, 0.15) is 6.61 Å². The second-order valence-electron chi connectivity index (χ2n) is 4.25. The topological polar surface area (TPSA) is 40.5 Å². The number of benzene rings is 1. The fourth-order valence-corrected chi connectivity index (χ4v) is 1.73. The molecule has 1 N–H and O–H groups in total. The average molecular weight is 320 g/mol. The van der Waals surface area contributed by atoms with Crippen molar-refractivity contribution in [2.45, 2.75) is 12.6 Å². The number of halogens is 4. The maximum atomic E-state index is 12.1. The molecule has 0 heterocycles. The molecule has 1 amide bonds. The van der Waals surface area contributed by atoms with Crippen molar-refractivity contribution in [2.24, 2.45) is 0 Å². The molecule has 0 unspecified atom stereocenters. The monoisotopic (exact) mass is 319 g/mol. The molecule has 0 saturated heterocycles. The Kier molecular flexibility index (Phi) is 6.06. The van der Waals surface area contributed by atoms with Crippen molar-refractivity contribution < 1.29 is 23.1 Å². The van der Waals surface area contributed by atoms with E-state index in [1.165, 1.54) is 25.2 Å². The van der Waals surface area contributed by atoms with Gasteiger partial charge in [0.2, 0.25) is 0 Å². The Hall–Kier alpha value is -1.71. The van der Waals surface area contributed by atoms with E-state index in [2.05, 4.69) is 11.8 Å². The number of hydrogen-bond acceptors (Lipinski definition) is 2. The molecule has 0 bridgehead atoms. The number of nitrogens with zero attached hydrogens (tertiary/aromatic N) is 1. The molecule has 0 radical (unpaired) electrons. The van der Waals surface area contributed by atoms with Gasteiger partial charge in [0.05, 0.1) is 11.4 Å². The lowest BCUT2D eigenvalue weighted by Crippen LogP contribution is -2.30. The van der Waals surface area contributed by atoms with Crippen molar-refractivity contribution >= 4 is 17.5 Å². The van der Waals surface area contributed by atoms with Crippen LogP contribution >= 0.6 is 11.6 Å². The van der Waals surface area contributed by atoms with E-state index in [4.69, 9.17) is 16.7 Å². The van der Waals surface area contributed by atoms with Crippen LogP contribution in [0.2, 0.25) is 5.02 Å². The first-order chi connectivity index (χ1) is 9.74. The van der Waals surface area contributed by atoms with E-state index in [9.17, 15) is 18.0 Å². The van der Waals surface area contributed by atoms with Crippen LogP contribution in [-0.4, -0.2) is 42.3 Å². The highest BCUT2D eigenvalue weighted by molar-refractivity contribution is 6.32. The Morgan fingerprint density at radius 2 is 2.10 bits per heavy atom. The van der Waals surface area contributed by atoms with Crippen molar-refractivity contribution in [2.75, 3.05) is 20.2 Å². The molecule has 114 valence electrons. The highest BCUT2D eigenvalue weighted by atomic mass is 35.5. The van der Waals surface area contributed by atoms with Gasteiger partial charge in [-0.3, -0.25) is 4.79 Å². The van der Waals surface area contributed by atoms with E-state index >= 15 is 0 Å². The van der Waals surface area contributed by atoms with Gasteiger partial charge in [-0.05, 0) is 18.2 Å². The van der Waals surface area contributed by atoms with Crippen molar-refractivity contribution in [1.82, 2.24) is 4.90 Å². The van der Waals surface area contributed by atoms with Crippen LogP contribution < -0.4 is 0 Å². The molecule has 1 aromatic rings. The van der Waals surface area contributed by atoms with Gasteiger partial charge < -0.3 is 10.0 Å². The number of amides is 1. The lowest BCUT2D eigenvalue weighted by atomic mass is 10.1. The van der Waals surface area contributed by atoms with Crippen LogP contribution in [0.25, 0.3) is 0 Å². The Morgan fingerprint density at radius 1 is 1.43 bits per heavy atom. The van der Waals surface area contributed by atoms with Crippen LogP contribution in [0.15, 0.2) is 18.2 Å². The summed E-state index contributed by atoms with van der Waals surface area (Å²) >= 11 is 5.93. The molecule has 0 aliphatic rings. The Morgan fingerprint density at radius 3 is 2.62 bits per heavy atom. The predicted octanol–water partition coefficient (Wildman–Crippen LogP) is 2.71. The molecular formula is C14H13ClF3NO2.